The molecular weight excluding hydrogens is 437 g/mol. The van der Waals surface area contributed by atoms with Crippen LogP contribution >= 0.6 is 11.3 Å². The fourth-order valence-corrected chi connectivity index (χ4v) is 4.32. The normalized spacial score (nSPS) is 10.6. The molecule has 0 saturated heterocycles. The van der Waals surface area contributed by atoms with E-state index in [-0.39, 0.29) is 18.1 Å². The molecule has 1 aromatic heterocycles. The number of hydrogen-bond acceptors (Lipinski definition) is 3. The van der Waals surface area contributed by atoms with Crippen LogP contribution in [0.5, 0.6) is 0 Å². The topological polar surface area (TPSA) is 52.7 Å². The number of nitrogens with zero attached hydrogens (tertiary/aromatic N) is 2. The Bertz CT molecular complexity index is 1050. The number of hydrogen-bond donors (Lipinski definition) is 1. The number of carbonyl (C=O) groups is 2. The van der Waals surface area contributed by atoms with Crippen molar-refractivity contribution in [3.05, 3.63) is 87.9 Å². The highest BCUT2D eigenvalue weighted by atomic mass is 32.1. The van der Waals surface area contributed by atoms with E-state index in [0.29, 0.717) is 19.6 Å². The van der Waals surface area contributed by atoms with Crippen LogP contribution in [-0.4, -0.2) is 34.8 Å². The molecule has 1 heterocycles. The first kappa shape index (κ1) is 24.5. The van der Waals surface area contributed by atoms with Gasteiger partial charge in [0.2, 0.25) is 5.91 Å². The molecule has 7 heteroatoms. The molecule has 3 rings (SSSR count). The number of carbonyl (C=O) groups excluding carboxylic acids is 2. The van der Waals surface area contributed by atoms with Crippen LogP contribution in [0, 0.1) is 12.7 Å². The van der Waals surface area contributed by atoms with Crippen LogP contribution in [0.4, 0.5) is 14.9 Å². The highest BCUT2D eigenvalue weighted by molar-refractivity contribution is 7.11. The quantitative estimate of drug-likeness (QED) is 0.394. The minimum Gasteiger partial charge on any atom is -0.332 e. The fraction of sp³-hybridized carbons (Fsp3) is 0.308. The number of urea groups is 1. The number of amides is 3. The number of nitrogens with one attached hydrogen (secondary N) is 1. The van der Waals surface area contributed by atoms with Gasteiger partial charge in [-0.25, -0.2) is 9.18 Å². The molecule has 5 nitrogen and oxygen atoms in total. The predicted molar refractivity (Wildman–Crippen MR) is 132 cm³/mol. The lowest BCUT2D eigenvalue weighted by atomic mass is 10.2. The predicted octanol–water partition coefficient (Wildman–Crippen LogP) is 6.06. The molecule has 0 unspecified atom stereocenters. The number of anilines is 1. The molecule has 0 fully saturated rings. The maximum absolute atomic E-state index is 14.0. The Hall–Kier alpha value is -3.19. The van der Waals surface area contributed by atoms with Crippen molar-refractivity contribution in [1.82, 2.24) is 9.80 Å². The van der Waals surface area contributed by atoms with Crippen LogP contribution < -0.4 is 5.32 Å². The van der Waals surface area contributed by atoms with Gasteiger partial charge in [-0.15, -0.1) is 11.3 Å². The molecule has 0 radical (unpaired) electrons. The maximum Gasteiger partial charge on any atom is 0.322 e. The first-order valence-corrected chi connectivity index (χ1v) is 12.0. The van der Waals surface area contributed by atoms with Crippen molar-refractivity contribution in [2.24, 2.45) is 0 Å². The molecule has 0 aliphatic heterocycles. The highest BCUT2D eigenvalue weighted by Gasteiger charge is 2.22. The van der Waals surface area contributed by atoms with Gasteiger partial charge >= 0.3 is 6.03 Å². The first-order valence-electron chi connectivity index (χ1n) is 11.1. The van der Waals surface area contributed by atoms with E-state index >= 15 is 0 Å². The van der Waals surface area contributed by atoms with Gasteiger partial charge in [0.15, 0.2) is 0 Å². The summed E-state index contributed by atoms with van der Waals surface area (Å²) in [6.45, 7) is 5.33. The second-order valence-electron chi connectivity index (χ2n) is 7.93. The summed E-state index contributed by atoms with van der Waals surface area (Å²) in [6.07, 6.45) is 1.63. The molecule has 0 saturated carbocycles. The average molecular weight is 468 g/mol. The van der Waals surface area contributed by atoms with Gasteiger partial charge in [-0.05, 0) is 43.2 Å². The average Bonchev–Trinajstić information content (AvgIpc) is 3.22. The van der Waals surface area contributed by atoms with Crippen molar-refractivity contribution in [2.75, 3.05) is 18.4 Å². The molecule has 0 bridgehead atoms. The SMILES string of the molecule is CCCCN(CC(=O)N(Cc1ccccc1)Cc1ccc(C)s1)C(=O)Nc1ccccc1F. The van der Waals surface area contributed by atoms with E-state index in [0.717, 1.165) is 23.3 Å². The van der Waals surface area contributed by atoms with E-state index in [9.17, 15) is 14.0 Å². The van der Waals surface area contributed by atoms with Crippen molar-refractivity contribution in [3.8, 4) is 0 Å². The fourth-order valence-electron chi connectivity index (χ4n) is 3.42. The van der Waals surface area contributed by atoms with Gasteiger partial charge in [0.1, 0.15) is 12.4 Å². The van der Waals surface area contributed by atoms with Crippen molar-refractivity contribution in [3.63, 3.8) is 0 Å². The number of unbranched alkanes of at least 4 members (excludes halogenated alkanes) is 1. The summed E-state index contributed by atoms with van der Waals surface area (Å²) in [5.41, 5.74) is 1.13. The summed E-state index contributed by atoms with van der Waals surface area (Å²) < 4.78 is 14.0. The lowest BCUT2D eigenvalue weighted by Crippen LogP contribution is -2.44. The monoisotopic (exact) mass is 467 g/mol. The Morgan fingerprint density at radius 3 is 2.33 bits per heavy atom. The van der Waals surface area contributed by atoms with Gasteiger partial charge in [0.05, 0.1) is 12.2 Å². The summed E-state index contributed by atoms with van der Waals surface area (Å²) >= 11 is 1.66. The van der Waals surface area contributed by atoms with Crippen molar-refractivity contribution >= 4 is 29.0 Å². The molecular formula is C26H30FN3O2S. The van der Waals surface area contributed by atoms with Gasteiger partial charge in [-0.3, -0.25) is 4.79 Å². The third-order valence-electron chi connectivity index (χ3n) is 5.22. The minimum atomic E-state index is -0.508. The van der Waals surface area contributed by atoms with Crippen molar-refractivity contribution in [2.45, 2.75) is 39.8 Å². The number of thiophene rings is 1. The lowest BCUT2D eigenvalue weighted by molar-refractivity contribution is -0.133. The number of aryl methyl sites for hydroxylation is 1. The molecule has 1 N–H and O–H groups in total. The van der Waals surface area contributed by atoms with Gasteiger partial charge in [0, 0.05) is 22.8 Å². The third kappa shape index (κ3) is 7.43. The molecule has 174 valence electrons. The van der Waals surface area contributed by atoms with Gasteiger partial charge in [-0.1, -0.05) is 55.8 Å². The lowest BCUT2D eigenvalue weighted by Gasteiger charge is -2.28. The smallest absolute Gasteiger partial charge is 0.322 e. The third-order valence-corrected chi connectivity index (χ3v) is 6.21. The van der Waals surface area contributed by atoms with Gasteiger partial charge < -0.3 is 15.1 Å². The van der Waals surface area contributed by atoms with Crippen LogP contribution in [0.15, 0.2) is 66.7 Å². The minimum absolute atomic E-state index is 0.0719. The Morgan fingerprint density at radius 2 is 1.67 bits per heavy atom. The molecule has 33 heavy (non-hydrogen) atoms. The van der Waals surface area contributed by atoms with Crippen LogP contribution in [0.1, 0.15) is 35.1 Å². The molecule has 3 amide bonds. The van der Waals surface area contributed by atoms with Crippen LogP contribution in [-0.2, 0) is 17.9 Å². The number of para-hydroxylation sites is 1. The van der Waals surface area contributed by atoms with Crippen molar-refractivity contribution in [1.29, 1.82) is 0 Å². The largest absolute Gasteiger partial charge is 0.332 e. The zero-order valence-electron chi connectivity index (χ0n) is 19.1. The number of halogens is 1. The molecule has 0 aliphatic carbocycles. The summed E-state index contributed by atoms with van der Waals surface area (Å²) in [5.74, 6) is -0.656. The molecule has 0 aliphatic rings. The van der Waals surface area contributed by atoms with E-state index in [1.54, 1.807) is 28.4 Å². The Morgan fingerprint density at radius 1 is 0.939 bits per heavy atom. The zero-order chi connectivity index (χ0) is 23.6. The molecule has 0 atom stereocenters. The second-order valence-corrected chi connectivity index (χ2v) is 9.31. The molecule has 3 aromatic rings. The summed E-state index contributed by atoms with van der Waals surface area (Å²) in [7, 11) is 0. The molecule has 2 aromatic carbocycles. The number of benzene rings is 2. The van der Waals surface area contributed by atoms with E-state index < -0.39 is 11.8 Å². The Kier molecular flexibility index (Phi) is 9.01. The van der Waals surface area contributed by atoms with Crippen LogP contribution in [0.2, 0.25) is 0 Å². The van der Waals surface area contributed by atoms with Crippen LogP contribution in [0.25, 0.3) is 0 Å². The molecule has 0 spiro atoms. The zero-order valence-corrected chi connectivity index (χ0v) is 19.9. The maximum atomic E-state index is 14.0. The van der Waals surface area contributed by atoms with E-state index in [4.69, 9.17) is 0 Å². The summed E-state index contributed by atoms with van der Waals surface area (Å²) in [5, 5.41) is 2.61. The van der Waals surface area contributed by atoms with E-state index in [2.05, 4.69) is 5.32 Å². The summed E-state index contributed by atoms with van der Waals surface area (Å²) in [6, 6.07) is 19.4. The van der Waals surface area contributed by atoms with Gasteiger partial charge in [-0.2, -0.15) is 0 Å². The van der Waals surface area contributed by atoms with Gasteiger partial charge in [0.25, 0.3) is 0 Å². The number of rotatable bonds is 10. The van der Waals surface area contributed by atoms with Crippen molar-refractivity contribution < 1.29 is 14.0 Å². The second kappa shape index (κ2) is 12.2. The standard InChI is InChI=1S/C26H30FN3O2S/c1-3-4-16-29(26(32)28-24-13-9-8-12-23(24)27)19-25(31)30(17-21-10-6-5-7-11-21)18-22-15-14-20(2)33-22/h5-15H,3-4,16-19H2,1-2H3,(H,28,32). The van der Waals surface area contributed by atoms with E-state index in [1.807, 2.05) is 56.3 Å². The summed E-state index contributed by atoms with van der Waals surface area (Å²) in [4.78, 5) is 31.8. The Balaban J connectivity index is 1.76. The Labute approximate surface area is 198 Å². The highest BCUT2D eigenvalue weighted by Crippen LogP contribution is 2.19. The van der Waals surface area contributed by atoms with Crippen LogP contribution in [0.3, 0.4) is 0 Å². The first-order chi connectivity index (χ1) is 16.0. The van der Waals surface area contributed by atoms with E-state index in [1.165, 1.54) is 21.9 Å².